The van der Waals surface area contributed by atoms with Gasteiger partial charge in [-0.25, -0.2) is 0 Å². The number of aliphatic hydroxyl groups excluding tert-OH is 1. The molecule has 1 heterocycles. The molecule has 0 radical (unpaired) electrons. The summed E-state index contributed by atoms with van der Waals surface area (Å²) in [6.45, 7) is 4.79. The molecule has 0 aromatic heterocycles. The molecule has 0 fully saturated rings. The zero-order valence-corrected chi connectivity index (χ0v) is 14.6. The molecule has 0 aliphatic carbocycles. The Bertz CT molecular complexity index is 688. The van der Waals surface area contributed by atoms with E-state index in [0.29, 0.717) is 16.6 Å². The van der Waals surface area contributed by atoms with E-state index in [2.05, 4.69) is 18.7 Å². The van der Waals surface area contributed by atoms with E-state index in [4.69, 9.17) is 23.2 Å². The quantitative estimate of drug-likeness (QED) is 0.801. The molecule has 2 N–H and O–H groups in total. The molecule has 0 saturated heterocycles. The van der Waals surface area contributed by atoms with Gasteiger partial charge in [0.15, 0.2) is 6.29 Å². The van der Waals surface area contributed by atoms with Gasteiger partial charge in [0.1, 0.15) is 0 Å². The lowest BCUT2D eigenvalue weighted by Crippen LogP contribution is -2.34. The van der Waals surface area contributed by atoms with Gasteiger partial charge in [-0.15, -0.1) is 0 Å². The van der Waals surface area contributed by atoms with Crippen LogP contribution in [0.15, 0.2) is 36.4 Å². The topological polar surface area (TPSA) is 43.7 Å². The van der Waals surface area contributed by atoms with Crippen LogP contribution in [0.1, 0.15) is 31.4 Å². The first-order valence-corrected chi connectivity index (χ1v) is 8.30. The molecule has 122 valence electrons. The van der Waals surface area contributed by atoms with Crippen molar-refractivity contribution in [2.45, 2.75) is 32.0 Å². The van der Waals surface area contributed by atoms with Crippen LogP contribution in [0.25, 0.3) is 0 Å². The lowest BCUT2D eigenvalue weighted by molar-refractivity contribution is -0.0430. The first-order chi connectivity index (χ1) is 10.8. The van der Waals surface area contributed by atoms with Gasteiger partial charge in [-0.3, -0.25) is 0 Å². The van der Waals surface area contributed by atoms with Crippen LogP contribution in [0.4, 0.5) is 11.4 Å². The molecule has 23 heavy (non-hydrogen) atoms. The predicted molar refractivity (Wildman–Crippen MR) is 94.9 cm³/mol. The van der Waals surface area contributed by atoms with E-state index in [1.54, 1.807) is 0 Å². The second kappa shape index (κ2) is 5.99. The molecule has 0 atom stereocenters. The van der Waals surface area contributed by atoms with Crippen LogP contribution in [-0.2, 0) is 5.41 Å². The Morgan fingerprint density at radius 1 is 0.957 bits per heavy atom. The second-order valence-corrected chi connectivity index (χ2v) is 7.24. The Hall–Kier alpha value is -1.26. The van der Waals surface area contributed by atoms with Gasteiger partial charge >= 0.3 is 0 Å². The zero-order valence-electron chi connectivity index (χ0n) is 13.1. The molecule has 2 aromatic rings. The van der Waals surface area contributed by atoms with Crippen LogP contribution in [0.5, 0.6) is 0 Å². The number of hydrogen-bond acceptors (Lipinski definition) is 3. The fourth-order valence-electron chi connectivity index (χ4n) is 3.25. The number of benzene rings is 2. The highest BCUT2D eigenvalue weighted by Crippen LogP contribution is 2.50. The number of hydrogen-bond donors (Lipinski definition) is 2. The van der Waals surface area contributed by atoms with Crippen molar-refractivity contribution < 1.29 is 10.2 Å². The fourth-order valence-corrected chi connectivity index (χ4v) is 3.59. The number of nitrogens with zero attached hydrogens (tertiary/aromatic N) is 1. The van der Waals surface area contributed by atoms with Crippen molar-refractivity contribution in [1.29, 1.82) is 0 Å². The minimum atomic E-state index is -1.34. The molecule has 0 saturated carbocycles. The largest absolute Gasteiger partial charge is 0.368 e. The Labute approximate surface area is 146 Å². The number of rotatable bonds is 3. The molecule has 1 aliphatic rings. The molecular weight excluding hydrogens is 333 g/mol. The summed E-state index contributed by atoms with van der Waals surface area (Å²) in [6.07, 6.45) is -1.08. The smallest absolute Gasteiger partial charge is 0.153 e. The van der Waals surface area contributed by atoms with E-state index in [1.165, 1.54) is 0 Å². The minimum Gasteiger partial charge on any atom is -0.368 e. The number of aliphatic hydroxyl groups is 2. The Kier molecular flexibility index (Phi) is 4.32. The molecule has 5 heteroatoms. The van der Waals surface area contributed by atoms with E-state index in [-0.39, 0.29) is 11.8 Å². The minimum absolute atomic E-state index is 0.241. The molecule has 0 spiro atoms. The van der Waals surface area contributed by atoms with Crippen molar-refractivity contribution in [1.82, 2.24) is 0 Å². The summed E-state index contributed by atoms with van der Waals surface area (Å²) in [5.41, 5.74) is 4.04. The normalized spacial score (nSPS) is 15.5. The molecule has 3 nitrogen and oxygen atoms in total. The molecule has 2 aromatic carbocycles. The average Bonchev–Trinajstić information content (AvgIpc) is 2.48. The van der Waals surface area contributed by atoms with Crippen LogP contribution in [0.2, 0.25) is 10.0 Å². The maximum Gasteiger partial charge on any atom is 0.153 e. The van der Waals surface area contributed by atoms with Crippen molar-refractivity contribution in [3.05, 3.63) is 57.6 Å². The molecule has 0 bridgehead atoms. The van der Waals surface area contributed by atoms with Crippen LogP contribution in [0, 0.1) is 0 Å². The molecule has 1 aliphatic heterocycles. The van der Waals surface area contributed by atoms with Gasteiger partial charge in [0, 0.05) is 39.8 Å². The van der Waals surface area contributed by atoms with Crippen molar-refractivity contribution in [2.24, 2.45) is 0 Å². The van der Waals surface area contributed by atoms with Gasteiger partial charge in [-0.05, 0) is 47.5 Å². The number of fused-ring (bicyclic) bond motifs is 2. The molecule has 0 unspecified atom stereocenters. The van der Waals surface area contributed by atoms with Gasteiger partial charge in [0.2, 0.25) is 0 Å². The lowest BCUT2D eigenvalue weighted by Gasteiger charge is -2.42. The summed E-state index contributed by atoms with van der Waals surface area (Å²) >= 11 is 12.4. The van der Waals surface area contributed by atoms with Crippen molar-refractivity contribution in [3.8, 4) is 0 Å². The standard InChI is InChI=1S/C18H19Cl2NO2/c1-18(2)13-9-11(19)3-5-15(13)21(8-7-17(22)23)16-6-4-12(20)10-14(16)18/h3-6,9-10,17,22-23H,7-8H2,1-2H3. The van der Waals surface area contributed by atoms with Crippen LogP contribution in [-0.4, -0.2) is 23.0 Å². The third-order valence-electron chi connectivity index (χ3n) is 4.46. The molecule has 0 amide bonds. The zero-order chi connectivity index (χ0) is 16.8. The SMILES string of the molecule is CC1(C)c2cc(Cl)ccc2N(CCC(O)O)c2ccc(Cl)cc21. The maximum absolute atomic E-state index is 9.26. The second-order valence-electron chi connectivity index (χ2n) is 6.37. The maximum atomic E-state index is 9.26. The number of halogens is 2. The van der Waals surface area contributed by atoms with Crippen LogP contribution >= 0.6 is 23.2 Å². The van der Waals surface area contributed by atoms with E-state index in [0.717, 1.165) is 22.5 Å². The first kappa shape index (κ1) is 16.6. The van der Waals surface area contributed by atoms with Gasteiger partial charge in [-0.2, -0.15) is 0 Å². The highest BCUT2D eigenvalue weighted by molar-refractivity contribution is 6.31. The summed E-state index contributed by atoms with van der Waals surface area (Å²) in [5, 5.41) is 19.9. The van der Waals surface area contributed by atoms with Crippen LogP contribution in [0.3, 0.4) is 0 Å². The van der Waals surface area contributed by atoms with E-state index < -0.39 is 6.29 Å². The van der Waals surface area contributed by atoms with E-state index >= 15 is 0 Å². The molecular formula is C18H19Cl2NO2. The third kappa shape index (κ3) is 2.94. The van der Waals surface area contributed by atoms with E-state index in [1.807, 2.05) is 36.4 Å². The Morgan fingerprint density at radius 2 is 1.43 bits per heavy atom. The van der Waals surface area contributed by atoms with Crippen LogP contribution < -0.4 is 4.90 Å². The van der Waals surface area contributed by atoms with Gasteiger partial charge in [-0.1, -0.05) is 37.0 Å². The summed E-state index contributed by atoms with van der Waals surface area (Å²) in [4.78, 5) is 2.10. The fraction of sp³-hybridized carbons (Fsp3) is 0.333. The summed E-state index contributed by atoms with van der Waals surface area (Å²) in [6, 6.07) is 11.6. The summed E-state index contributed by atoms with van der Waals surface area (Å²) in [5.74, 6) is 0. The Balaban J connectivity index is 2.19. The highest BCUT2D eigenvalue weighted by atomic mass is 35.5. The van der Waals surface area contributed by atoms with Crippen molar-refractivity contribution in [3.63, 3.8) is 0 Å². The van der Waals surface area contributed by atoms with E-state index in [9.17, 15) is 10.2 Å². The monoisotopic (exact) mass is 351 g/mol. The first-order valence-electron chi connectivity index (χ1n) is 7.54. The van der Waals surface area contributed by atoms with Crippen molar-refractivity contribution in [2.75, 3.05) is 11.4 Å². The third-order valence-corrected chi connectivity index (χ3v) is 4.93. The molecule has 3 rings (SSSR count). The van der Waals surface area contributed by atoms with Gasteiger partial charge < -0.3 is 15.1 Å². The van der Waals surface area contributed by atoms with Gasteiger partial charge in [0.25, 0.3) is 0 Å². The van der Waals surface area contributed by atoms with Crippen molar-refractivity contribution >= 4 is 34.6 Å². The predicted octanol–water partition coefficient (Wildman–Crippen LogP) is 4.47. The highest BCUT2D eigenvalue weighted by Gasteiger charge is 2.36. The van der Waals surface area contributed by atoms with Gasteiger partial charge in [0.05, 0.1) is 0 Å². The summed E-state index contributed by atoms with van der Waals surface area (Å²) < 4.78 is 0. The lowest BCUT2D eigenvalue weighted by atomic mass is 9.73. The average molecular weight is 352 g/mol. The Morgan fingerprint density at radius 3 is 1.87 bits per heavy atom. The number of anilines is 2. The summed E-state index contributed by atoms with van der Waals surface area (Å²) in [7, 11) is 0.